The molecular weight excluding hydrogens is 288 g/mol. The summed E-state index contributed by atoms with van der Waals surface area (Å²) in [5, 5.41) is 0. The van der Waals surface area contributed by atoms with Crippen molar-refractivity contribution in [3.8, 4) is 5.75 Å². The molecule has 0 spiro atoms. The van der Waals surface area contributed by atoms with Gasteiger partial charge in [-0.1, -0.05) is 52.2 Å². The Morgan fingerprint density at radius 3 is 2.48 bits per heavy atom. The number of ether oxygens (including phenoxy) is 2. The van der Waals surface area contributed by atoms with Crippen LogP contribution in [0.3, 0.4) is 0 Å². The van der Waals surface area contributed by atoms with Crippen molar-refractivity contribution in [1.82, 2.24) is 0 Å². The molecule has 0 N–H and O–H groups in total. The summed E-state index contributed by atoms with van der Waals surface area (Å²) in [6.45, 7) is 7.64. The molecular formula is C20H30O3. The van der Waals surface area contributed by atoms with Crippen LogP contribution < -0.4 is 4.74 Å². The maximum atomic E-state index is 11.8. The fraction of sp³-hybridized carbons (Fsp3) is 0.550. The molecule has 3 nitrogen and oxygen atoms in total. The van der Waals surface area contributed by atoms with Crippen LogP contribution in [-0.4, -0.2) is 19.2 Å². The largest absolute Gasteiger partial charge is 0.494 e. The molecule has 0 saturated carbocycles. The molecule has 0 heterocycles. The third kappa shape index (κ3) is 8.44. The number of esters is 1. The first-order chi connectivity index (χ1) is 11.2. The monoisotopic (exact) mass is 318 g/mol. The molecule has 0 saturated heterocycles. The van der Waals surface area contributed by atoms with Crippen molar-refractivity contribution < 1.29 is 14.3 Å². The van der Waals surface area contributed by atoms with E-state index in [1.165, 1.54) is 18.9 Å². The van der Waals surface area contributed by atoms with Gasteiger partial charge in [0.2, 0.25) is 0 Å². The van der Waals surface area contributed by atoms with Crippen LogP contribution in [0.15, 0.2) is 30.3 Å². The van der Waals surface area contributed by atoms with Gasteiger partial charge in [0, 0.05) is 6.08 Å². The van der Waals surface area contributed by atoms with Gasteiger partial charge in [-0.3, -0.25) is 0 Å². The van der Waals surface area contributed by atoms with Crippen LogP contribution in [0.25, 0.3) is 6.08 Å². The Labute approximate surface area is 140 Å². The molecule has 1 rings (SSSR count). The van der Waals surface area contributed by atoms with E-state index in [1.807, 2.05) is 24.3 Å². The molecule has 0 amide bonds. The SMILES string of the molecule is CCCCC(CC)COC(=O)C=Cc1ccc(OCCC)cc1. The van der Waals surface area contributed by atoms with Crippen molar-refractivity contribution in [2.45, 2.75) is 52.9 Å². The van der Waals surface area contributed by atoms with E-state index in [2.05, 4.69) is 20.8 Å². The second kappa shape index (κ2) is 11.8. The number of unbranched alkanes of at least 4 members (excludes halogenated alkanes) is 1. The number of carbonyl (C=O) groups is 1. The normalized spacial score (nSPS) is 12.3. The Balaban J connectivity index is 2.39. The van der Waals surface area contributed by atoms with Gasteiger partial charge >= 0.3 is 5.97 Å². The predicted octanol–water partition coefficient (Wildman–Crippen LogP) is 5.25. The first-order valence-corrected chi connectivity index (χ1v) is 8.77. The number of rotatable bonds is 11. The van der Waals surface area contributed by atoms with Crippen LogP contribution in [0.5, 0.6) is 5.75 Å². The van der Waals surface area contributed by atoms with Crippen LogP contribution in [0.2, 0.25) is 0 Å². The lowest BCUT2D eigenvalue weighted by atomic mass is 10.0. The second-order valence-electron chi connectivity index (χ2n) is 5.80. The molecule has 23 heavy (non-hydrogen) atoms. The number of benzene rings is 1. The van der Waals surface area contributed by atoms with Crippen molar-refractivity contribution in [3.05, 3.63) is 35.9 Å². The topological polar surface area (TPSA) is 35.5 Å². The molecule has 1 aromatic carbocycles. The van der Waals surface area contributed by atoms with E-state index in [1.54, 1.807) is 6.08 Å². The zero-order valence-electron chi connectivity index (χ0n) is 14.7. The third-order valence-electron chi connectivity index (χ3n) is 3.77. The molecule has 1 atom stereocenters. The summed E-state index contributed by atoms with van der Waals surface area (Å²) in [5.74, 6) is 1.06. The fourth-order valence-corrected chi connectivity index (χ4v) is 2.21. The van der Waals surface area contributed by atoms with Crippen LogP contribution in [0, 0.1) is 5.92 Å². The van der Waals surface area contributed by atoms with Gasteiger partial charge in [-0.2, -0.15) is 0 Å². The molecule has 0 aliphatic heterocycles. The minimum absolute atomic E-state index is 0.272. The third-order valence-corrected chi connectivity index (χ3v) is 3.77. The summed E-state index contributed by atoms with van der Waals surface area (Å²) in [6, 6.07) is 7.70. The van der Waals surface area contributed by atoms with Gasteiger partial charge in [-0.25, -0.2) is 4.79 Å². The number of hydrogen-bond donors (Lipinski definition) is 0. The van der Waals surface area contributed by atoms with Gasteiger partial charge in [0.25, 0.3) is 0 Å². The van der Waals surface area contributed by atoms with Crippen LogP contribution in [0.4, 0.5) is 0 Å². The van der Waals surface area contributed by atoms with E-state index in [4.69, 9.17) is 9.47 Å². The van der Waals surface area contributed by atoms with E-state index < -0.39 is 0 Å². The quantitative estimate of drug-likeness (QED) is 0.413. The Bertz CT molecular complexity index is 462. The standard InChI is InChI=1S/C20H30O3/c1-4-7-8-17(6-3)16-23-20(21)14-11-18-9-12-19(13-10-18)22-15-5-2/h9-14,17H,4-8,15-16H2,1-3H3. The van der Waals surface area contributed by atoms with Gasteiger partial charge in [-0.05, 0) is 42.5 Å². The summed E-state index contributed by atoms with van der Waals surface area (Å²) in [6.07, 6.45) is 8.82. The van der Waals surface area contributed by atoms with Crippen molar-refractivity contribution in [2.24, 2.45) is 5.92 Å². The minimum atomic E-state index is -0.272. The van der Waals surface area contributed by atoms with Crippen molar-refractivity contribution in [3.63, 3.8) is 0 Å². The smallest absolute Gasteiger partial charge is 0.330 e. The summed E-state index contributed by atoms with van der Waals surface area (Å²) < 4.78 is 10.9. The maximum absolute atomic E-state index is 11.8. The average molecular weight is 318 g/mol. The molecule has 3 heteroatoms. The first-order valence-electron chi connectivity index (χ1n) is 8.77. The summed E-state index contributed by atoms with van der Waals surface area (Å²) in [4.78, 5) is 11.8. The van der Waals surface area contributed by atoms with E-state index in [9.17, 15) is 4.79 Å². The van der Waals surface area contributed by atoms with Gasteiger partial charge in [0.15, 0.2) is 0 Å². The van der Waals surface area contributed by atoms with Gasteiger partial charge < -0.3 is 9.47 Å². The minimum Gasteiger partial charge on any atom is -0.494 e. The Hall–Kier alpha value is -1.77. The predicted molar refractivity (Wildman–Crippen MR) is 95.5 cm³/mol. The molecule has 0 aromatic heterocycles. The van der Waals surface area contributed by atoms with Gasteiger partial charge in [0.1, 0.15) is 5.75 Å². The van der Waals surface area contributed by atoms with E-state index >= 15 is 0 Å². The Morgan fingerprint density at radius 1 is 1.13 bits per heavy atom. The molecule has 0 aliphatic rings. The summed E-state index contributed by atoms with van der Waals surface area (Å²) in [7, 11) is 0. The molecule has 128 valence electrons. The molecule has 0 fully saturated rings. The highest BCUT2D eigenvalue weighted by Gasteiger charge is 2.08. The molecule has 0 aliphatic carbocycles. The van der Waals surface area contributed by atoms with E-state index in [-0.39, 0.29) is 5.97 Å². The lowest BCUT2D eigenvalue weighted by Gasteiger charge is -2.13. The van der Waals surface area contributed by atoms with Crippen LogP contribution in [-0.2, 0) is 9.53 Å². The maximum Gasteiger partial charge on any atom is 0.330 e. The lowest BCUT2D eigenvalue weighted by Crippen LogP contribution is -2.12. The highest BCUT2D eigenvalue weighted by atomic mass is 16.5. The van der Waals surface area contributed by atoms with E-state index in [0.717, 1.165) is 37.2 Å². The summed E-state index contributed by atoms with van der Waals surface area (Å²) in [5.41, 5.74) is 0.962. The lowest BCUT2D eigenvalue weighted by molar-refractivity contribution is -0.139. The fourth-order valence-electron chi connectivity index (χ4n) is 2.21. The van der Waals surface area contributed by atoms with Crippen molar-refractivity contribution in [1.29, 1.82) is 0 Å². The zero-order valence-corrected chi connectivity index (χ0v) is 14.7. The molecule has 1 unspecified atom stereocenters. The van der Waals surface area contributed by atoms with E-state index in [0.29, 0.717) is 12.5 Å². The number of hydrogen-bond acceptors (Lipinski definition) is 3. The Kier molecular flexibility index (Phi) is 9.85. The molecule has 1 aromatic rings. The molecule has 0 bridgehead atoms. The first kappa shape index (κ1) is 19.3. The highest BCUT2D eigenvalue weighted by molar-refractivity contribution is 5.87. The summed E-state index contributed by atoms with van der Waals surface area (Å²) >= 11 is 0. The zero-order chi connectivity index (χ0) is 16.9. The van der Waals surface area contributed by atoms with Crippen LogP contribution >= 0.6 is 0 Å². The number of carbonyl (C=O) groups excluding carboxylic acids is 1. The van der Waals surface area contributed by atoms with Crippen LogP contribution in [0.1, 0.15) is 58.4 Å². The second-order valence-corrected chi connectivity index (χ2v) is 5.80. The Morgan fingerprint density at radius 2 is 1.87 bits per heavy atom. The highest BCUT2D eigenvalue weighted by Crippen LogP contribution is 2.14. The average Bonchev–Trinajstić information content (AvgIpc) is 2.59. The van der Waals surface area contributed by atoms with Crippen molar-refractivity contribution >= 4 is 12.0 Å². The van der Waals surface area contributed by atoms with Crippen molar-refractivity contribution in [2.75, 3.05) is 13.2 Å². The van der Waals surface area contributed by atoms with Gasteiger partial charge in [0.05, 0.1) is 13.2 Å². The molecule has 0 radical (unpaired) electrons. The van der Waals surface area contributed by atoms with Gasteiger partial charge in [-0.15, -0.1) is 0 Å².